The maximum atomic E-state index is 12.4. The smallest absolute Gasteiger partial charge is 0.263 e. The number of carbonyl (C=O) groups is 1. The van der Waals surface area contributed by atoms with E-state index in [1.807, 2.05) is 30.3 Å². The third-order valence-electron chi connectivity index (χ3n) is 3.12. The highest BCUT2D eigenvalue weighted by Gasteiger charge is 2.13. The molecule has 0 bridgehead atoms. The summed E-state index contributed by atoms with van der Waals surface area (Å²) in [5.41, 5.74) is 7.22. The van der Waals surface area contributed by atoms with Crippen molar-refractivity contribution in [3.8, 4) is 0 Å². The largest absolute Gasteiger partial charge is 0.399 e. The third kappa shape index (κ3) is 3.20. The molecule has 0 spiro atoms. The average Bonchev–Trinajstić information content (AvgIpc) is 2.49. The molecule has 21 heavy (non-hydrogen) atoms. The van der Waals surface area contributed by atoms with Crippen molar-refractivity contribution in [1.82, 2.24) is 9.88 Å². The molecule has 108 valence electrons. The van der Waals surface area contributed by atoms with Crippen LogP contribution < -0.4 is 16.6 Å². The molecule has 3 N–H and O–H groups in total. The van der Waals surface area contributed by atoms with Crippen LogP contribution in [0.25, 0.3) is 5.70 Å². The van der Waals surface area contributed by atoms with E-state index in [-0.39, 0.29) is 11.1 Å². The standard InChI is InChI=1S/C16H17N3O2/c1-11(17)13-8-14(15(20)18-2)16(21)19(10-13)9-12-6-4-3-5-7-12/h3-8,10H,1,9,17H2,2H3,(H,18,20). The lowest BCUT2D eigenvalue weighted by Crippen LogP contribution is -2.32. The Kier molecular flexibility index (Phi) is 4.23. The maximum absolute atomic E-state index is 12.4. The van der Waals surface area contributed by atoms with E-state index in [0.29, 0.717) is 17.8 Å². The van der Waals surface area contributed by atoms with E-state index < -0.39 is 5.91 Å². The van der Waals surface area contributed by atoms with Crippen LogP contribution in [0.3, 0.4) is 0 Å². The Balaban J connectivity index is 2.54. The topological polar surface area (TPSA) is 77.1 Å². The molecule has 5 nitrogen and oxygen atoms in total. The first kappa shape index (κ1) is 14.6. The molecule has 0 saturated heterocycles. The quantitative estimate of drug-likeness (QED) is 0.884. The summed E-state index contributed by atoms with van der Waals surface area (Å²) in [4.78, 5) is 24.2. The minimum atomic E-state index is -0.440. The fraction of sp³-hybridized carbons (Fsp3) is 0.125. The lowest BCUT2D eigenvalue weighted by molar-refractivity contribution is 0.0961. The Morgan fingerprint density at radius 1 is 1.33 bits per heavy atom. The number of pyridine rings is 1. The number of nitrogens with zero attached hydrogens (tertiary/aromatic N) is 1. The van der Waals surface area contributed by atoms with E-state index in [9.17, 15) is 9.59 Å². The Bertz CT molecular complexity index is 733. The molecule has 0 radical (unpaired) electrons. The summed E-state index contributed by atoms with van der Waals surface area (Å²) in [6.07, 6.45) is 1.62. The first-order valence-corrected chi connectivity index (χ1v) is 6.48. The van der Waals surface area contributed by atoms with Crippen molar-refractivity contribution in [1.29, 1.82) is 0 Å². The van der Waals surface area contributed by atoms with Gasteiger partial charge in [-0.15, -0.1) is 0 Å². The number of aromatic nitrogens is 1. The number of rotatable bonds is 4. The molecular weight excluding hydrogens is 266 g/mol. The Morgan fingerprint density at radius 2 is 2.00 bits per heavy atom. The van der Waals surface area contributed by atoms with Crippen LogP contribution in [0.1, 0.15) is 21.5 Å². The molecule has 1 heterocycles. The van der Waals surface area contributed by atoms with Gasteiger partial charge in [-0.1, -0.05) is 36.9 Å². The van der Waals surface area contributed by atoms with E-state index in [0.717, 1.165) is 5.56 Å². The lowest BCUT2D eigenvalue weighted by Gasteiger charge is -2.11. The van der Waals surface area contributed by atoms with Crippen LogP contribution in [0.4, 0.5) is 0 Å². The van der Waals surface area contributed by atoms with E-state index in [1.54, 1.807) is 6.20 Å². The molecule has 1 aromatic heterocycles. The van der Waals surface area contributed by atoms with Gasteiger partial charge in [0.25, 0.3) is 11.5 Å². The molecule has 0 aliphatic carbocycles. The normalized spacial score (nSPS) is 10.1. The van der Waals surface area contributed by atoms with Crippen LogP contribution in [0, 0.1) is 0 Å². The van der Waals surface area contributed by atoms with Crippen molar-refractivity contribution in [2.45, 2.75) is 6.54 Å². The van der Waals surface area contributed by atoms with Gasteiger partial charge in [0.2, 0.25) is 0 Å². The second kappa shape index (κ2) is 6.09. The summed E-state index contributed by atoms with van der Waals surface area (Å²) in [7, 11) is 1.48. The van der Waals surface area contributed by atoms with Gasteiger partial charge in [-0.2, -0.15) is 0 Å². The first-order chi connectivity index (χ1) is 10.0. The van der Waals surface area contributed by atoms with Crippen molar-refractivity contribution in [2.24, 2.45) is 5.73 Å². The van der Waals surface area contributed by atoms with Gasteiger partial charge in [0, 0.05) is 24.5 Å². The molecular formula is C16H17N3O2. The zero-order chi connectivity index (χ0) is 15.4. The summed E-state index contributed by atoms with van der Waals surface area (Å²) in [6, 6.07) is 11.0. The van der Waals surface area contributed by atoms with Crippen molar-refractivity contribution in [3.63, 3.8) is 0 Å². The number of benzene rings is 1. The predicted molar refractivity (Wildman–Crippen MR) is 82.9 cm³/mol. The number of nitrogens with one attached hydrogen (secondary N) is 1. The number of amides is 1. The minimum absolute atomic E-state index is 0.0533. The fourth-order valence-electron chi connectivity index (χ4n) is 2.01. The predicted octanol–water partition coefficient (Wildman–Crippen LogP) is 1.19. The molecule has 2 rings (SSSR count). The number of nitrogens with two attached hydrogens (primary N) is 1. The van der Waals surface area contributed by atoms with Gasteiger partial charge in [0.15, 0.2) is 0 Å². The highest BCUT2D eigenvalue weighted by atomic mass is 16.2. The molecule has 1 aromatic carbocycles. The molecule has 0 unspecified atom stereocenters. The summed E-state index contributed by atoms with van der Waals surface area (Å²) in [5, 5.41) is 2.46. The van der Waals surface area contributed by atoms with E-state index in [1.165, 1.54) is 17.7 Å². The van der Waals surface area contributed by atoms with Gasteiger partial charge in [-0.3, -0.25) is 9.59 Å². The van der Waals surface area contributed by atoms with E-state index in [2.05, 4.69) is 11.9 Å². The molecule has 0 aliphatic heterocycles. The van der Waals surface area contributed by atoms with Crippen LogP contribution in [0.2, 0.25) is 0 Å². The molecule has 0 aliphatic rings. The zero-order valence-electron chi connectivity index (χ0n) is 11.8. The van der Waals surface area contributed by atoms with Crippen LogP contribution >= 0.6 is 0 Å². The molecule has 0 fully saturated rings. The van der Waals surface area contributed by atoms with Crippen molar-refractivity contribution in [2.75, 3.05) is 7.05 Å². The van der Waals surface area contributed by atoms with E-state index in [4.69, 9.17) is 5.73 Å². The first-order valence-electron chi connectivity index (χ1n) is 6.48. The summed E-state index contributed by atoms with van der Waals surface area (Å²) >= 11 is 0. The Hall–Kier alpha value is -2.82. The zero-order valence-corrected chi connectivity index (χ0v) is 11.8. The number of hydrogen-bond acceptors (Lipinski definition) is 3. The number of carbonyl (C=O) groups excluding carboxylic acids is 1. The van der Waals surface area contributed by atoms with Crippen molar-refractivity contribution < 1.29 is 4.79 Å². The van der Waals surface area contributed by atoms with Crippen LogP contribution in [0.15, 0.2) is 54.0 Å². The third-order valence-corrected chi connectivity index (χ3v) is 3.12. The number of hydrogen-bond donors (Lipinski definition) is 2. The van der Waals surface area contributed by atoms with Gasteiger partial charge in [0.05, 0.1) is 6.54 Å². The lowest BCUT2D eigenvalue weighted by atomic mass is 10.1. The minimum Gasteiger partial charge on any atom is -0.399 e. The highest BCUT2D eigenvalue weighted by Crippen LogP contribution is 2.09. The fourth-order valence-corrected chi connectivity index (χ4v) is 2.01. The van der Waals surface area contributed by atoms with Gasteiger partial charge in [-0.05, 0) is 11.6 Å². The van der Waals surface area contributed by atoms with Gasteiger partial charge in [0.1, 0.15) is 5.56 Å². The Morgan fingerprint density at radius 3 is 2.57 bits per heavy atom. The second-order valence-corrected chi connectivity index (χ2v) is 4.67. The van der Waals surface area contributed by atoms with Gasteiger partial charge in [-0.25, -0.2) is 0 Å². The van der Waals surface area contributed by atoms with Crippen LogP contribution in [-0.2, 0) is 6.54 Å². The van der Waals surface area contributed by atoms with Gasteiger partial charge < -0.3 is 15.6 Å². The molecule has 2 aromatic rings. The second-order valence-electron chi connectivity index (χ2n) is 4.67. The molecule has 1 amide bonds. The Labute approximate surface area is 122 Å². The SMILES string of the molecule is C=C(N)c1cc(C(=O)NC)c(=O)n(Cc2ccccc2)c1. The van der Waals surface area contributed by atoms with Crippen LogP contribution in [0.5, 0.6) is 0 Å². The summed E-state index contributed by atoms with van der Waals surface area (Å²) in [5.74, 6) is -0.440. The van der Waals surface area contributed by atoms with Crippen LogP contribution in [-0.4, -0.2) is 17.5 Å². The highest BCUT2D eigenvalue weighted by molar-refractivity contribution is 5.94. The van der Waals surface area contributed by atoms with Gasteiger partial charge >= 0.3 is 0 Å². The van der Waals surface area contributed by atoms with Crippen molar-refractivity contribution in [3.05, 3.63) is 76.2 Å². The molecule has 0 atom stereocenters. The van der Waals surface area contributed by atoms with E-state index >= 15 is 0 Å². The average molecular weight is 283 g/mol. The summed E-state index contributed by atoms with van der Waals surface area (Å²) in [6.45, 7) is 4.03. The monoisotopic (exact) mass is 283 g/mol. The molecule has 0 saturated carbocycles. The summed E-state index contributed by atoms with van der Waals surface area (Å²) < 4.78 is 1.47. The molecule has 5 heteroatoms. The van der Waals surface area contributed by atoms with Crippen molar-refractivity contribution >= 4 is 11.6 Å². The maximum Gasteiger partial charge on any atom is 0.263 e.